The fourth-order valence-corrected chi connectivity index (χ4v) is 5.83. The molecule has 0 aromatic heterocycles. The van der Waals surface area contributed by atoms with E-state index in [2.05, 4.69) is 44.8 Å². The van der Waals surface area contributed by atoms with Gasteiger partial charge in [0, 0.05) is 25.7 Å². The Labute approximate surface area is 148 Å². The molecular weight excluding hydrogens is 322 g/mol. The molecule has 2 heterocycles. The predicted molar refractivity (Wildman–Crippen MR) is 101 cm³/mol. The summed E-state index contributed by atoms with van der Waals surface area (Å²) in [5.41, 5.74) is 0.284. The van der Waals surface area contributed by atoms with Gasteiger partial charge >= 0.3 is 0 Å². The molecule has 2 fully saturated rings. The topological polar surface area (TPSA) is 61.8 Å². The Hall–Kier alpha value is -0.780. The summed E-state index contributed by atoms with van der Waals surface area (Å²) in [6.07, 6.45) is 3.04. The largest absolute Gasteiger partial charge is 0.354 e. The van der Waals surface area contributed by atoms with Crippen molar-refractivity contribution < 1.29 is 8.42 Å². The van der Waals surface area contributed by atoms with E-state index in [9.17, 15) is 8.42 Å². The SMILES string of the molecule is CCC(C)NC(=NCC1CCS(=O)(=O)C1)N1CC(C)CC(C)(C)C1. The van der Waals surface area contributed by atoms with Crippen LogP contribution in [0.25, 0.3) is 0 Å². The third-order valence-electron chi connectivity index (χ3n) is 5.17. The van der Waals surface area contributed by atoms with E-state index in [0.717, 1.165) is 31.9 Å². The van der Waals surface area contributed by atoms with Crippen LogP contribution in [-0.4, -0.2) is 56.5 Å². The lowest BCUT2D eigenvalue weighted by atomic mass is 9.79. The minimum atomic E-state index is -2.83. The maximum absolute atomic E-state index is 11.7. The lowest BCUT2D eigenvalue weighted by Crippen LogP contribution is -2.53. The van der Waals surface area contributed by atoms with Gasteiger partial charge in [-0.3, -0.25) is 4.99 Å². The van der Waals surface area contributed by atoms with Crippen molar-refractivity contribution in [2.45, 2.75) is 59.9 Å². The number of piperidine rings is 1. The van der Waals surface area contributed by atoms with Crippen molar-refractivity contribution in [3.05, 3.63) is 0 Å². The molecule has 3 unspecified atom stereocenters. The minimum Gasteiger partial charge on any atom is -0.354 e. The number of rotatable bonds is 4. The Morgan fingerprint density at radius 1 is 1.42 bits per heavy atom. The molecule has 3 atom stereocenters. The molecule has 5 nitrogen and oxygen atoms in total. The molecule has 24 heavy (non-hydrogen) atoms. The van der Waals surface area contributed by atoms with Gasteiger partial charge < -0.3 is 10.2 Å². The van der Waals surface area contributed by atoms with Gasteiger partial charge in [-0.2, -0.15) is 0 Å². The van der Waals surface area contributed by atoms with Crippen LogP contribution in [0.2, 0.25) is 0 Å². The lowest BCUT2D eigenvalue weighted by Gasteiger charge is -2.43. The summed E-state index contributed by atoms with van der Waals surface area (Å²) >= 11 is 0. The summed E-state index contributed by atoms with van der Waals surface area (Å²) in [6, 6.07) is 0.372. The normalized spacial score (nSPS) is 31.0. The molecule has 0 radical (unpaired) electrons. The van der Waals surface area contributed by atoms with Crippen LogP contribution in [0.4, 0.5) is 0 Å². The third kappa shape index (κ3) is 5.64. The van der Waals surface area contributed by atoms with Crippen LogP contribution in [0.15, 0.2) is 4.99 Å². The Balaban J connectivity index is 2.10. The van der Waals surface area contributed by atoms with Crippen molar-refractivity contribution in [2.75, 3.05) is 31.1 Å². The zero-order chi connectivity index (χ0) is 18.0. The fraction of sp³-hybridized carbons (Fsp3) is 0.944. The summed E-state index contributed by atoms with van der Waals surface area (Å²) in [6.45, 7) is 13.9. The van der Waals surface area contributed by atoms with E-state index in [4.69, 9.17) is 4.99 Å². The molecule has 0 amide bonds. The standard InChI is InChI=1S/C18H35N3O2S/c1-6-15(3)20-17(19-10-16-7-8-24(22,23)12-16)21-11-14(2)9-18(4,5)13-21/h14-16H,6-13H2,1-5H3,(H,19,20). The van der Waals surface area contributed by atoms with Gasteiger partial charge in [0.25, 0.3) is 0 Å². The second-order valence-corrected chi connectivity index (χ2v) is 11.0. The van der Waals surface area contributed by atoms with E-state index in [1.54, 1.807) is 0 Å². The molecule has 2 saturated heterocycles. The number of hydrogen-bond acceptors (Lipinski definition) is 3. The first-order valence-corrected chi connectivity index (χ1v) is 11.2. The van der Waals surface area contributed by atoms with E-state index in [1.807, 2.05) is 0 Å². The number of hydrogen-bond donors (Lipinski definition) is 1. The van der Waals surface area contributed by atoms with Crippen LogP contribution in [-0.2, 0) is 9.84 Å². The smallest absolute Gasteiger partial charge is 0.194 e. The van der Waals surface area contributed by atoms with Crippen molar-refractivity contribution in [1.82, 2.24) is 10.2 Å². The molecule has 0 aromatic rings. The van der Waals surface area contributed by atoms with Crippen molar-refractivity contribution in [1.29, 1.82) is 0 Å². The number of nitrogens with zero attached hydrogens (tertiary/aromatic N) is 2. The van der Waals surface area contributed by atoms with Gasteiger partial charge in [-0.25, -0.2) is 8.42 Å². The van der Waals surface area contributed by atoms with Gasteiger partial charge in [0.1, 0.15) is 0 Å². The highest BCUT2D eigenvalue weighted by Crippen LogP contribution is 2.32. The Morgan fingerprint density at radius 2 is 2.12 bits per heavy atom. The Bertz CT molecular complexity index is 557. The number of nitrogens with one attached hydrogen (secondary N) is 1. The van der Waals surface area contributed by atoms with E-state index < -0.39 is 9.84 Å². The third-order valence-corrected chi connectivity index (χ3v) is 7.00. The fourth-order valence-electron chi connectivity index (χ4n) is 3.98. The minimum absolute atomic E-state index is 0.180. The average Bonchev–Trinajstić information content (AvgIpc) is 2.80. The molecule has 0 saturated carbocycles. The molecule has 1 N–H and O–H groups in total. The maximum atomic E-state index is 11.7. The van der Waals surface area contributed by atoms with E-state index >= 15 is 0 Å². The van der Waals surface area contributed by atoms with E-state index in [1.165, 1.54) is 6.42 Å². The first kappa shape index (κ1) is 19.5. The molecule has 2 rings (SSSR count). The molecule has 0 aromatic carbocycles. The second kappa shape index (κ2) is 7.63. The predicted octanol–water partition coefficient (Wildman–Crippen LogP) is 2.53. The zero-order valence-corrected chi connectivity index (χ0v) is 16.8. The quantitative estimate of drug-likeness (QED) is 0.620. The average molecular weight is 358 g/mol. The van der Waals surface area contributed by atoms with Gasteiger partial charge in [0.15, 0.2) is 15.8 Å². The van der Waals surface area contributed by atoms with Crippen molar-refractivity contribution in [3.8, 4) is 0 Å². The van der Waals surface area contributed by atoms with Gasteiger partial charge in [-0.05, 0) is 43.4 Å². The van der Waals surface area contributed by atoms with Crippen LogP contribution in [0.5, 0.6) is 0 Å². The van der Waals surface area contributed by atoms with Gasteiger partial charge in [0.05, 0.1) is 11.5 Å². The summed E-state index contributed by atoms with van der Waals surface area (Å²) in [5.74, 6) is 2.42. The lowest BCUT2D eigenvalue weighted by molar-refractivity contribution is 0.128. The van der Waals surface area contributed by atoms with Crippen molar-refractivity contribution in [3.63, 3.8) is 0 Å². The Kier molecular flexibility index (Phi) is 6.21. The second-order valence-electron chi connectivity index (χ2n) is 8.74. The number of aliphatic imine (C=N–C) groups is 1. The first-order valence-electron chi connectivity index (χ1n) is 9.36. The van der Waals surface area contributed by atoms with Crippen LogP contribution in [0.3, 0.4) is 0 Å². The summed E-state index contributed by atoms with van der Waals surface area (Å²) in [4.78, 5) is 7.23. The summed E-state index contributed by atoms with van der Waals surface area (Å²) in [5, 5.41) is 3.57. The van der Waals surface area contributed by atoms with Crippen LogP contribution in [0.1, 0.15) is 53.9 Å². The van der Waals surface area contributed by atoms with Crippen LogP contribution >= 0.6 is 0 Å². The van der Waals surface area contributed by atoms with Crippen LogP contribution < -0.4 is 5.32 Å². The van der Waals surface area contributed by atoms with Gasteiger partial charge in [-0.1, -0.05) is 27.7 Å². The molecule has 2 aliphatic heterocycles. The van der Waals surface area contributed by atoms with Gasteiger partial charge in [0.2, 0.25) is 0 Å². The molecule has 6 heteroatoms. The van der Waals surface area contributed by atoms with Crippen molar-refractivity contribution >= 4 is 15.8 Å². The first-order chi connectivity index (χ1) is 11.1. The van der Waals surface area contributed by atoms with Crippen LogP contribution in [0, 0.1) is 17.3 Å². The molecular formula is C18H35N3O2S. The molecule has 140 valence electrons. The summed E-state index contributed by atoms with van der Waals surface area (Å²) in [7, 11) is -2.83. The highest BCUT2D eigenvalue weighted by atomic mass is 32.2. The number of likely N-dealkylation sites (tertiary alicyclic amines) is 1. The molecule has 0 spiro atoms. The highest BCUT2D eigenvalue weighted by Gasteiger charge is 2.33. The molecule has 0 bridgehead atoms. The van der Waals surface area contributed by atoms with Crippen molar-refractivity contribution in [2.24, 2.45) is 22.2 Å². The monoisotopic (exact) mass is 357 g/mol. The molecule has 0 aliphatic carbocycles. The zero-order valence-electron chi connectivity index (χ0n) is 16.0. The number of guanidine groups is 1. The van der Waals surface area contributed by atoms with E-state index in [0.29, 0.717) is 30.0 Å². The maximum Gasteiger partial charge on any atom is 0.194 e. The van der Waals surface area contributed by atoms with Gasteiger partial charge in [-0.15, -0.1) is 0 Å². The van der Waals surface area contributed by atoms with E-state index in [-0.39, 0.29) is 11.3 Å². The summed E-state index contributed by atoms with van der Waals surface area (Å²) < 4.78 is 23.3. The number of sulfone groups is 1. The molecule has 2 aliphatic rings. The Morgan fingerprint density at radius 3 is 2.67 bits per heavy atom. The highest BCUT2D eigenvalue weighted by molar-refractivity contribution is 7.91.